The van der Waals surface area contributed by atoms with E-state index in [0.717, 1.165) is 19.4 Å². The summed E-state index contributed by atoms with van der Waals surface area (Å²) >= 11 is 2.37. The molecule has 352 valence electrons. The van der Waals surface area contributed by atoms with Gasteiger partial charge in [0.1, 0.15) is 6.10 Å². The molecule has 0 unspecified atom stereocenters. The molecule has 0 N–H and O–H groups in total. The highest BCUT2D eigenvalue weighted by atomic mass is 32.2. The third-order valence-corrected chi connectivity index (χ3v) is 12.2. The fraction of sp³-hybridized carbons (Fsp3) is 0.894. The van der Waals surface area contributed by atoms with Gasteiger partial charge in [-0.05, 0) is 77.4 Å². The van der Waals surface area contributed by atoms with E-state index >= 15 is 0 Å². The second-order valence-electron chi connectivity index (χ2n) is 16.5. The lowest BCUT2D eigenvalue weighted by molar-refractivity contribution is -0.151. The van der Waals surface area contributed by atoms with Crippen molar-refractivity contribution in [3.8, 4) is 0 Å². The summed E-state index contributed by atoms with van der Waals surface area (Å²) in [4.78, 5) is 63.9. The molecule has 0 heterocycles. The first-order chi connectivity index (χ1) is 29.0. The van der Waals surface area contributed by atoms with Crippen LogP contribution in [-0.2, 0) is 47.7 Å². The lowest BCUT2D eigenvalue weighted by atomic mass is 9.92. The molecule has 0 aromatic carbocycles. The van der Waals surface area contributed by atoms with Crippen LogP contribution in [0.4, 0.5) is 0 Å². The van der Waals surface area contributed by atoms with Gasteiger partial charge in [0.15, 0.2) is 0 Å². The van der Waals surface area contributed by atoms with Crippen LogP contribution in [0.25, 0.3) is 0 Å². The third kappa shape index (κ3) is 38.9. The minimum absolute atomic E-state index is 0.0553. The molecule has 0 aromatic heterocycles. The molecule has 0 aliphatic heterocycles. The van der Waals surface area contributed by atoms with Crippen LogP contribution in [0, 0.1) is 11.8 Å². The zero-order valence-electron chi connectivity index (χ0n) is 38.9. The predicted octanol–water partition coefficient (Wildman–Crippen LogP) is 10.8. The summed E-state index contributed by atoms with van der Waals surface area (Å²) in [5.74, 6) is -0.204. The maximum atomic E-state index is 12.6. The van der Waals surface area contributed by atoms with E-state index in [1.807, 2.05) is 19.0 Å². The first-order valence-corrected chi connectivity index (χ1v) is 26.0. The van der Waals surface area contributed by atoms with Crippen LogP contribution in [0.3, 0.4) is 0 Å². The number of nitrogens with zero attached hydrogens (tertiary/aromatic N) is 1. The molecule has 11 nitrogen and oxygen atoms in total. The first-order valence-electron chi connectivity index (χ1n) is 23.7. The van der Waals surface area contributed by atoms with Crippen molar-refractivity contribution in [2.75, 3.05) is 70.1 Å². The van der Waals surface area contributed by atoms with Crippen LogP contribution in [0.15, 0.2) is 0 Å². The Morgan fingerprint density at radius 1 is 0.417 bits per heavy atom. The van der Waals surface area contributed by atoms with E-state index in [2.05, 4.69) is 27.7 Å². The zero-order valence-corrected chi connectivity index (χ0v) is 40.5. The number of rotatable bonds is 43. The molecule has 0 bridgehead atoms. The number of thioether (sulfide) groups is 2. The van der Waals surface area contributed by atoms with Crippen molar-refractivity contribution >= 4 is 53.4 Å². The summed E-state index contributed by atoms with van der Waals surface area (Å²) in [5, 5.41) is 0. The maximum absolute atomic E-state index is 12.6. The molecule has 0 radical (unpaired) electrons. The topological polar surface area (TPSA) is 135 Å². The number of ether oxygens (including phenoxy) is 5. The highest BCUT2D eigenvalue weighted by Gasteiger charge is 2.17. The Kier molecular flexibility index (Phi) is 40.9. The fourth-order valence-electron chi connectivity index (χ4n) is 6.92. The molecule has 0 spiro atoms. The molecule has 0 fully saturated rings. The van der Waals surface area contributed by atoms with Gasteiger partial charge in [-0.15, -0.1) is 23.5 Å². The zero-order chi connectivity index (χ0) is 44.5. The molecule has 0 amide bonds. The smallest absolute Gasteiger partial charge is 0.315 e. The normalized spacial score (nSPS) is 11.4. The van der Waals surface area contributed by atoms with E-state index in [-0.39, 0.29) is 54.1 Å². The maximum Gasteiger partial charge on any atom is 0.315 e. The Morgan fingerprint density at radius 3 is 1.10 bits per heavy atom. The highest BCUT2D eigenvalue weighted by molar-refractivity contribution is 8.00. The minimum atomic E-state index is -0.404. The molecule has 0 aromatic rings. The van der Waals surface area contributed by atoms with E-state index in [4.69, 9.17) is 23.7 Å². The number of unbranched alkanes of at least 4 members (excludes halogenated alkanes) is 8. The standard InChI is InChI=1S/C47H87NO10S2/c1-7-11-15-22-40(23-16-12-8-2)29-34-56-46(52)38-59-36-44(50)54-32-20-26-42(58-43(49)28-19-31-48(5)6)27-21-33-55-45(51)37-60-39-47(53)57-35-30-41(24-17-13-9-3)25-18-14-10-4/h40-42H,7-39H2,1-6H3. The molecule has 0 saturated heterocycles. The Bertz CT molecular complexity index is 991. The number of hydrogen-bond donors (Lipinski definition) is 0. The molecular weight excluding hydrogens is 803 g/mol. The van der Waals surface area contributed by atoms with Gasteiger partial charge in [0.2, 0.25) is 0 Å². The molecular formula is C47H87NO10S2. The van der Waals surface area contributed by atoms with Crippen molar-refractivity contribution in [1.82, 2.24) is 4.90 Å². The van der Waals surface area contributed by atoms with Gasteiger partial charge in [0, 0.05) is 6.42 Å². The molecule has 60 heavy (non-hydrogen) atoms. The summed E-state index contributed by atoms with van der Waals surface area (Å²) in [7, 11) is 3.90. The summed E-state index contributed by atoms with van der Waals surface area (Å²) in [5.41, 5.74) is 0. The first kappa shape index (κ1) is 58.0. The van der Waals surface area contributed by atoms with E-state index in [1.54, 1.807) is 0 Å². The van der Waals surface area contributed by atoms with Gasteiger partial charge in [-0.1, -0.05) is 130 Å². The van der Waals surface area contributed by atoms with Crippen molar-refractivity contribution in [2.45, 2.75) is 188 Å². The van der Waals surface area contributed by atoms with Gasteiger partial charge < -0.3 is 28.6 Å². The highest BCUT2D eigenvalue weighted by Crippen LogP contribution is 2.23. The number of carbonyl (C=O) groups is 5. The second-order valence-corrected chi connectivity index (χ2v) is 18.4. The molecule has 13 heteroatoms. The van der Waals surface area contributed by atoms with Crippen LogP contribution >= 0.6 is 23.5 Å². The van der Waals surface area contributed by atoms with Crippen LogP contribution in [-0.4, -0.2) is 111 Å². The Labute approximate surface area is 374 Å². The molecule has 0 saturated carbocycles. The monoisotopic (exact) mass is 890 g/mol. The van der Waals surface area contributed by atoms with Crippen molar-refractivity contribution in [3.63, 3.8) is 0 Å². The largest absolute Gasteiger partial charge is 0.465 e. The van der Waals surface area contributed by atoms with E-state index in [9.17, 15) is 24.0 Å². The van der Waals surface area contributed by atoms with Crippen LogP contribution in [0.5, 0.6) is 0 Å². The lowest BCUT2D eigenvalue weighted by Gasteiger charge is -2.18. The number of hydrogen-bond acceptors (Lipinski definition) is 13. The average Bonchev–Trinajstić information content (AvgIpc) is 3.20. The van der Waals surface area contributed by atoms with Gasteiger partial charge in [0.25, 0.3) is 0 Å². The van der Waals surface area contributed by atoms with Crippen molar-refractivity contribution in [2.24, 2.45) is 11.8 Å². The third-order valence-electron chi connectivity index (χ3n) is 10.5. The molecule has 0 rings (SSSR count). The van der Waals surface area contributed by atoms with E-state index < -0.39 is 18.0 Å². The van der Waals surface area contributed by atoms with Crippen LogP contribution < -0.4 is 0 Å². The molecule has 0 aliphatic rings. The number of esters is 5. The fourth-order valence-corrected chi connectivity index (χ4v) is 8.12. The second kappa shape index (κ2) is 42.3. The summed E-state index contributed by atoms with van der Waals surface area (Å²) in [6.45, 7) is 10.8. The quantitative estimate of drug-likeness (QED) is 0.0327. The van der Waals surface area contributed by atoms with E-state index in [0.29, 0.717) is 63.6 Å². The predicted molar refractivity (Wildman–Crippen MR) is 247 cm³/mol. The number of carbonyl (C=O) groups excluding carboxylic acids is 5. The van der Waals surface area contributed by atoms with Crippen molar-refractivity contribution in [3.05, 3.63) is 0 Å². The Hall–Kier alpha value is -1.99. The van der Waals surface area contributed by atoms with Gasteiger partial charge in [-0.25, -0.2) is 0 Å². The Balaban J connectivity index is 4.50. The van der Waals surface area contributed by atoms with Gasteiger partial charge in [-0.2, -0.15) is 0 Å². The molecule has 0 aliphatic carbocycles. The Morgan fingerprint density at radius 2 is 0.767 bits per heavy atom. The van der Waals surface area contributed by atoms with Crippen molar-refractivity contribution < 1.29 is 47.7 Å². The molecule has 0 atom stereocenters. The summed E-state index contributed by atoms with van der Waals surface area (Å²) in [6.07, 6.45) is 23.7. The van der Waals surface area contributed by atoms with Crippen LogP contribution in [0.2, 0.25) is 0 Å². The van der Waals surface area contributed by atoms with Gasteiger partial charge in [0.05, 0.1) is 49.4 Å². The summed E-state index contributed by atoms with van der Waals surface area (Å²) < 4.78 is 27.5. The van der Waals surface area contributed by atoms with Gasteiger partial charge in [-0.3, -0.25) is 24.0 Å². The van der Waals surface area contributed by atoms with E-state index in [1.165, 1.54) is 126 Å². The van der Waals surface area contributed by atoms with Crippen molar-refractivity contribution in [1.29, 1.82) is 0 Å². The van der Waals surface area contributed by atoms with Gasteiger partial charge >= 0.3 is 29.8 Å². The summed E-state index contributed by atoms with van der Waals surface area (Å²) in [6, 6.07) is 0. The minimum Gasteiger partial charge on any atom is -0.465 e. The van der Waals surface area contributed by atoms with Crippen LogP contribution in [0.1, 0.15) is 182 Å². The average molecular weight is 890 g/mol. The lowest BCUT2D eigenvalue weighted by Crippen LogP contribution is -2.22. The SMILES string of the molecule is CCCCCC(CCCCC)CCOC(=O)CSCC(=O)OCCCC(CCCOC(=O)CSCC(=O)OCCC(CCCCC)CCCCC)OC(=O)CCCN(C)C.